The molecule has 1 aliphatic carbocycles. The van der Waals surface area contributed by atoms with E-state index in [-0.39, 0.29) is 18.0 Å². The van der Waals surface area contributed by atoms with E-state index in [1.54, 1.807) is 0 Å². The van der Waals surface area contributed by atoms with Crippen molar-refractivity contribution in [3.8, 4) is 0 Å². The number of carbonyl (C=O) groups excluding carboxylic acids is 1. The van der Waals surface area contributed by atoms with Gasteiger partial charge in [-0.25, -0.2) is 0 Å². The first-order valence-corrected chi connectivity index (χ1v) is 6.87. The highest BCUT2D eigenvalue weighted by Crippen LogP contribution is 2.18. The maximum absolute atomic E-state index is 12.1. The van der Waals surface area contributed by atoms with Crippen molar-refractivity contribution in [2.24, 2.45) is 5.73 Å². The molecule has 0 aromatic carbocycles. The maximum atomic E-state index is 12.1. The van der Waals surface area contributed by atoms with Crippen LogP contribution in [0.25, 0.3) is 0 Å². The van der Waals surface area contributed by atoms with Crippen molar-refractivity contribution in [3.05, 3.63) is 10.6 Å². The van der Waals surface area contributed by atoms with Crippen LogP contribution in [-0.4, -0.2) is 27.6 Å². The van der Waals surface area contributed by atoms with Gasteiger partial charge in [-0.1, -0.05) is 24.3 Å². The first-order chi connectivity index (χ1) is 8.22. The lowest BCUT2D eigenvalue weighted by Crippen LogP contribution is -2.49. The molecule has 1 saturated carbocycles. The molecule has 1 aromatic heterocycles. The summed E-state index contributed by atoms with van der Waals surface area (Å²) < 4.78 is 3.83. The second-order valence-electron chi connectivity index (χ2n) is 4.43. The SMILES string of the molecule is CCc1nnsc1C(=O)NC1CCCCC1N. The van der Waals surface area contributed by atoms with Crippen LogP contribution in [0.5, 0.6) is 0 Å². The molecule has 94 valence electrons. The molecule has 2 rings (SSSR count). The largest absolute Gasteiger partial charge is 0.347 e. The van der Waals surface area contributed by atoms with Crippen molar-refractivity contribution in [2.45, 2.75) is 51.1 Å². The summed E-state index contributed by atoms with van der Waals surface area (Å²) in [6.07, 6.45) is 5.00. The average molecular weight is 254 g/mol. The van der Waals surface area contributed by atoms with Gasteiger partial charge < -0.3 is 11.1 Å². The maximum Gasteiger partial charge on any atom is 0.265 e. The van der Waals surface area contributed by atoms with Crippen molar-refractivity contribution < 1.29 is 4.79 Å². The lowest BCUT2D eigenvalue weighted by Gasteiger charge is -2.29. The van der Waals surface area contributed by atoms with Gasteiger partial charge in [0.1, 0.15) is 4.88 Å². The van der Waals surface area contributed by atoms with Crippen LogP contribution in [0.4, 0.5) is 0 Å². The van der Waals surface area contributed by atoms with Gasteiger partial charge in [0, 0.05) is 12.1 Å². The summed E-state index contributed by atoms with van der Waals surface area (Å²) in [5.41, 5.74) is 6.78. The van der Waals surface area contributed by atoms with Crippen LogP contribution in [0.15, 0.2) is 0 Å². The summed E-state index contributed by atoms with van der Waals surface area (Å²) in [5.74, 6) is -0.0702. The van der Waals surface area contributed by atoms with Crippen molar-refractivity contribution in [2.75, 3.05) is 0 Å². The van der Waals surface area contributed by atoms with E-state index in [0.717, 1.165) is 49.3 Å². The number of nitrogens with zero attached hydrogens (tertiary/aromatic N) is 2. The number of hydrogen-bond donors (Lipinski definition) is 2. The lowest BCUT2D eigenvalue weighted by molar-refractivity contribution is 0.0924. The van der Waals surface area contributed by atoms with Crippen LogP contribution in [0, 0.1) is 0 Å². The number of hydrogen-bond acceptors (Lipinski definition) is 5. The molecular weight excluding hydrogens is 236 g/mol. The number of rotatable bonds is 3. The normalized spacial score (nSPS) is 24.6. The highest BCUT2D eigenvalue weighted by atomic mass is 32.1. The molecule has 1 fully saturated rings. The van der Waals surface area contributed by atoms with Crippen LogP contribution in [0.2, 0.25) is 0 Å². The number of nitrogens with one attached hydrogen (secondary N) is 1. The number of aromatic nitrogens is 2. The zero-order valence-electron chi connectivity index (χ0n) is 9.98. The Labute approximate surface area is 105 Å². The van der Waals surface area contributed by atoms with E-state index in [4.69, 9.17) is 5.73 Å². The predicted molar refractivity (Wildman–Crippen MR) is 67.0 cm³/mol. The Morgan fingerprint density at radius 3 is 3.00 bits per heavy atom. The van der Waals surface area contributed by atoms with E-state index in [2.05, 4.69) is 14.9 Å². The summed E-state index contributed by atoms with van der Waals surface area (Å²) in [4.78, 5) is 12.7. The van der Waals surface area contributed by atoms with Gasteiger partial charge in [-0.3, -0.25) is 4.79 Å². The molecule has 0 spiro atoms. The zero-order chi connectivity index (χ0) is 12.3. The van der Waals surface area contributed by atoms with Crippen LogP contribution in [0.3, 0.4) is 0 Å². The van der Waals surface area contributed by atoms with E-state index >= 15 is 0 Å². The second-order valence-corrected chi connectivity index (χ2v) is 5.18. The molecular formula is C11H18N4OS. The third-order valence-corrected chi connectivity index (χ3v) is 4.00. The van der Waals surface area contributed by atoms with Gasteiger partial charge in [0.25, 0.3) is 5.91 Å². The third-order valence-electron chi connectivity index (χ3n) is 3.23. The molecule has 3 N–H and O–H groups in total. The number of nitrogens with two attached hydrogens (primary N) is 1. The second kappa shape index (κ2) is 5.55. The summed E-state index contributed by atoms with van der Waals surface area (Å²) >= 11 is 1.16. The Hall–Kier alpha value is -1.01. The van der Waals surface area contributed by atoms with Crippen LogP contribution >= 0.6 is 11.5 Å². The monoisotopic (exact) mass is 254 g/mol. The molecule has 17 heavy (non-hydrogen) atoms. The van der Waals surface area contributed by atoms with Crippen molar-refractivity contribution >= 4 is 17.4 Å². The Morgan fingerprint density at radius 1 is 1.53 bits per heavy atom. The first kappa shape index (κ1) is 12.4. The highest BCUT2D eigenvalue weighted by molar-refractivity contribution is 7.08. The molecule has 1 aliphatic rings. The zero-order valence-corrected chi connectivity index (χ0v) is 10.8. The van der Waals surface area contributed by atoms with E-state index in [0.29, 0.717) is 4.88 Å². The molecule has 1 heterocycles. The van der Waals surface area contributed by atoms with E-state index in [1.807, 2.05) is 6.92 Å². The molecule has 1 aromatic rings. The molecule has 1 amide bonds. The lowest BCUT2D eigenvalue weighted by atomic mass is 9.91. The van der Waals surface area contributed by atoms with Gasteiger partial charge in [-0.05, 0) is 30.8 Å². The van der Waals surface area contributed by atoms with Crippen molar-refractivity contribution in [1.29, 1.82) is 0 Å². The Bertz CT molecular complexity index is 393. The van der Waals surface area contributed by atoms with E-state index < -0.39 is 0 Å². The minimum atomic E-state index is -0.0702. The van der Waals surface area contributed by atoms with Crippen LogP contribution in [-0.2, 0) is 6.42 Å². The summed E-state index contributed by atoms with van der Waals surface area (Å²) in [6, 6.07) is 0.182. The molecule has 5 nitrogen and oxygen atoms in total. The number of amides is 1. The summed E-state index contributed by atoms with van der Waals surface area (Å²) in [5, 5.41) is 6.96. The fourth-order valence-electron chi connectivity index (χ4n) is 2.19. The molecule has 6 heteroatoms. The van der Waals surface area contributed by atoms with Gasteiger partial charge in [-0.15, -0.1) is 5.10 Å². The molecule has 0 saturated heterocycles. The van der Waals surface area contributed by atoms with Gasteiger partial charge in [-0.2, -0.15) is 0 Å². The van der Waals surface area contributed by atoms with Crippen LogP contribution in [0.1, 0.15) is 48.0 Å². The fraction of sp³-hybridized carbons (Fsp3) is 0.727. The van der Waals surface area contributed by atoms with E-state index in [9.17, 15) is 4.79 Å². The topological polar surface area (TPSA) is 80.9 Å². The molecule has 0 radical (unpaired) electrons. The predicted octanol–water partition coefficient (Wildman–Crippen LogP) is 1.10. The Kier molecular flexibility index (Phi) is 4.06. The molecule has 2 unspecified atom stereocenters. The minimum absolute atomic E-state index is 0.0702. The Morgan fingerprint density at radius 2 is 2.29 bits per heavy atom. The summed E-state index contributed by atoms with van der Waals surface area (Å²) in [6.45, 7) is 1.97. The van der Waals surface area contributed by atoms with Gasteiger partial charge >= 0.3 is 0 Å². The number of aryl methyl sites for hydroxylation is 1. The first-order valence-electron chi connectivity index (χ1n) is 6.10. The van der Waals surface area contributed by atoms with Crippen molar-refractivity contribution in [1.82, 2.24) is 14.9 Å². The quantitative estimate of drug-likeness (QED) is 0.846. The summed E-state index contributed by atoms with van der Waals surface area (Å²) in [7, 11) is 0. The molecule has 2 atom stereocenters. The van der Waals surface area contributed by atoms with Gasteiger partial charge in [0.05, 0.1) is 5.69 Å². The third kappa shape index (κ3) is 2.81. The molecule has 0 bridgehead atoms. The molecule has 0 aliphatic heterocycles. The van der Waals surface area contributed by atoms with Gasteiger partial charge in [0.2, 0.25) is 0 Å². The van der Waals surface area contributed by atoms with E-state index in [1.165, 1.54) is 0 Å². The standard InChI is InChI=1S/C11H18N4OS/c1-2-8-10(17-15-14-8)11(16)13-9-6-4-3-5-7(9)12/h7,9H,2-6,12H2,1H3,(H,13,16). The van der Waals surface area contributed by atoms with Crippen molar-refractivity contribution in [3.63, 3.8) is 0 Å². The minimum Gasteiger partial charge on any atom is -0.347 e. The fourth-order valence-corrected chi connectivity index (χ4v) is 2.84. The number of carbonyl (C=O) groups is 1. The van der Waals surface area contributed by atoms with Gasteiger partial charge in [0.15, 0.2) is 0 Å². The Balaban J connectivity index is 2.01. The van der Waals surface area contributed by atoms with Crippen LogP contribution < -0.4 is 11.1 Å². The smallest absolute Gasteiger partial charge is 0.265 e. The highest BCUT2D eigenvalue weighted by Gasteiger charge is 2.25. The average Bonchev–Trinajstić information content (AvgIpc) is 2.80.